The van der Waals surface area contributed by atoms with Gasteiger partial charge in [-0.1, -0.05) is 17.7 Å². The second kappa shape index (κ2) is 5.10. The molecule has 0 saturated carbocycles. The summed E-state index contributed by atoms with van der Waals surface area (Å²) in [6.45, 7) is 1.92. The van der Waals surface area contributed by atoms with E-state index in [2.05, 4.69) is 5.32 Å². The number of carbonyl (C=O) groups is 1. The number of amides is 1. The molecule has 0 bridgehead atoms. The number of hydrogen-bond acceptors (Lipinski definition) is 2. The van der Waals surface area contributed by atoms with E-state index >= 15 is 0 Å². The summed E-state index contributed by atoms with van der Waals surface area (Å²) < 4.78 is 0. The van der Waals surface area contributed by atoms with Gasteiger partial charge in [0.2, 0.25) is 0 Å². The molecule has 2 aromatic rings. The van der Waals surface area contributed by atoms with Crippen LogP contribution in [0.3, 0.4) is 0 Å². The van der Waals surface area contributed by atoms with Gasteiger partial charge in [0.1, 0.15) is 0 Å². The van der Waals surface area contributed by atoms with Gasteiger partial charge in [-0.25, -0.2) is 0 Å². The lowest BCUT2D eigenvalue weighted by molar-refractivity contribution is 0.102. The third-order valence-corrected chi connectivity index (χ3v) is 2.68. The van der Waals surface area contributed by atoms with E-state index in [1.807, 2.05) is 19.1 Å². The molecule has 0 heterocycles. The van der Waals surface area contributed by atoms with Gasteiger partial charge < -0.3 is 11.1 Å². The van der Waals surface area contributed by atoms with Crippen molar-refractivity contribution in [2.75, 3.05) is 11.1 Å². The Balaban J connectivity index is 2.21. The molecule has 92 valence electrons. The lowest BCUT2D eigenvalue weighted by Gasteiger charge is -2.07. The number of aryl methyl sites for hydroxylation is 1. The van der Waals surface area contributed by atoms with Crippen LogP contribution in [0.2, 0.25) is 5.02 Å². The fraction of sp³-hybridized carbons (Fsp3) is 0.0714. The molecule has 18 heavy (non-hydrogen) atoms. The van der Waals surface area contributed by atoms with E-state index in [9.17, 15) is 4.79 Å². The van der Waals surface area contributed by atoms with Crippen LogP contribution in [0.25, 0.3) is 0 Å². The maximum absolute atomic E-state index is 12.0. The van der Waals surface area contributed by atoms with Crippen molar-refractivity contribution in [2.24, 2.45) is 0 Å². The standard InChI is InChI=1S/C14H13ClN2O/c1-9-5-12(16)8-13(6-9)17-14(18)10-3-2-4-11(15)7-10/h2-8H,16H2,1H3,(H,17,18). The van der Waals surface area contributed by atoms with Crippen molar-refractivity contribution < 1.29 is 4.79 Å². The average Bonchev–Trinajstić information content (AvgIpc) is 2.27. The lowest BCUT2D eigenvalue weighted by Crippen LogP contribution is -2.12. The van der Waals surface area contributed by atoms with Crippen molar-refractivity contribution in [1.82, 2.24) is 0 Å². The first-order chi connectivity index (χ1) is 8.54. The van der Waals surface area contributed by atoms with Gasteiger partial charge in [0.25, 0.3) is 5.91 Å². The van der Waals surface area contributed by atoms with Gasteiger partial charge in [-0.3, -0.25) is 4.79 Å². The molecule has 1 amide bonds. The highest BCUT2D eigenvalue weighted by atomic mass is 35.5. The van der Waals surface area contributed by atoms with Crippen LogP contribution in [-0.2, 0) is 0 Å². The summed E-state index contributed by atoms with van der Waals surface area (Å²) in [7, 11) is 0. The van der Waals surface area contributed by atoms with Crippen LogP contribution >= 0.6 is 11.6 Å². The molecule has 3 N–H and O–H groups in total. The van der Waals surface area contributed by atoms with Crippen molar-refractivity contribution in [1.29, 1.82) is 0 Å². The Kier molecular flexibility index (Phi) is 3.53. The van der Waals surface area contributed by atoms with E-state index in [0.717, 1.165) is 5.56 Å². The third-order valence-electron chi connectivity index (χ3n) is 2.44. The Morgan fingerprint density at radius 3 is 2.67 bits per heavy atom. The number of halogens is 1. The molecule has 0 aliphatic heterocycles. The first-order valence-electron chi connectivity index (χ1n) is 5.49. The highest BCUT2D eigenvalue weighted by Gasteiger charge is 2.06. The van der Waals surface area contributed by atoms with Crippen molar-refractivity contribution in [3.05, 3.63) is 58.6 Å². The molecule has 0 fully saturated rings. The Morgan fingerprint density at radius 1 is 1.22 bits per heavy atom. The molecule has 0 aliphatic carbocycles. The van der Waals surface area contributed by atoms with Crippen molar-refractivity contribution in [3.8, 4) is 0 Å². The number of rotatable bonds is 2. The summed E-state index contributed by atoms with van der Waals surface area (Å²) in [6.07, 6.45) is 0. The summed E-state index contributed by atoms with van der Waals surface area (Å²) in [4.78, 5) is 12.0. The van der Waals surface area contributed by atoms with Gasteiger partial charge >= 0.3 is 0 Å². The minimum atomic E-state index is -0.206. The van der Waals surface area contributed by atoms with Gasteiger partial charge in [0, 0.05) is 22.0 Å². The molecule has 0 saturated heterocycles. The molecule has 0 aliphatic rings. The maximum Gasteiger partial charge on any atom is 0.255 e. The first-order valence-corrected chi connectivity index (χ1v) is 5.86. The largest absolute Gasteiger partial charge is 0.399 e. The summed E-state index contributed by atoms with van der Waals surface area (Å²) in [6, 6.07) is 12.2. The third kappa shape index (κ3) is 3.02. The molecule has 3 nitrogen and oxygen atoms in total. The van der Waals surface area contributed by atoms with Crippen LogP contribution < -0.4 is 11.1 Å². The predicted octanol–water partition coefficient (Wildman–Crippen LogP) is 3.48. The minimum Gasteiger partial charge on any atom is -0.399 e. The number of benzene rings is 2. The average molecular weight is 261 g/mol. The van der Waals surface area contributed by atoms with E-state index in [0.29, 0.717) is 22.0 Å². The van der Waals surface area contributed by atoms with Crippen LogP contribution in [0.15, 0.2) is 42.5 Å². The first kappa shape index (κ1) is 12.5. The molecule has 2 aromatic carbocycles. The van der Waals surface area contributed by atoms with Gasteiger partial charge in [0.05, 0.1) is 0 Å². The highest BCUT2D eigenvalue weighted by Crippen LogP contribution is 2.17. The monoisotopic (exact) mass is 260 g/mol. The fourth-order valence-electron chi connectivity index (χ4n) is 1.72. The van der Waals surface area contributed by atoms with E-state index in [-0.39, 0.29) is 5.91 Å². The molecular weight excluding hydrogens is 248 g/mol. The zero-order valence-electron chi connectivity index (χ0n) is 9.91. The Morgan fingerprint density at radius 2 is 2.00 bits per heavy atom. The Hall–Kier alpha value is -2.00. The van der Waals surface area contributed by atoms with Crippen LogP contribution in [0.1, 0.15) is 15.9 Å². The van der Waals surface area contributed by atoms with Crippen LogP contribution in [0, 0.1) is 6.92 Å². The molecule has 4 heteroatoms. The summed E-state index contributed by atoms with van der Waals surface area (Å²) in [5.74, 6) is -0.206. The quantitative estimate of drug-likeness (QED) is 0.812. The molecule has 0 atom stereocenters. The zero-order valence-corrected chi connectivity index (χ0v) is 10.7. The summed E-state index contributed by atoms with van der Waals surface area (Å²) in [5, 5.41) is 3.32. The van der Waals surface area contributed by atoms with Gasteiger partial charge in [0.15, 0.2) is 0 Å². The SMILES string of the molecule is Cc1cc(N)cc(NC(=O)c2cccc(Cl)c2)c1. The number of anilines is 2. The Labute approximate surface area is 111 Å². The molecule has 0 unspecified atom stereocenters. The second-order valence-electron chi connectivity index (χ2n) is 4.10. The Bertz CT molecular complexity index is 576. The van der Waals surface area contributed by atoms with Crippen molar-refractivity contribution in [2.45, 2.75) is 6.92 Å². The second-order valence-corrected chi connectivity index (χ2v) is 4.53. The number of nitrogens with one attached hydrogen (secondary N) is 1. The predicted molar refractivity (Wildman–Crippen MR) is 75.0 cm³/mol. The number of carbonyl (C=O) groups excluding carboxylic acids is 1. The van der Waals surface area contributed by atoms with Crippen LogP contribution in [0.5, 0.6) is 0 Å². The highest BCUT2D eigenvalue weighted by molar-refractivity contribution is 6.31. The van der Waals surface area contributed by atoms with Gasteiger partial charge in [-0.2, -0.15) is 0 Å². The van der Waals surface area contributed by atoms with Gasteiger partial charge in [-0.05, 0) is 48.9 Å². The molecule has 2 rings (SSSR count). The normalized spacial score (nSPS) is 10.1. The van der Waals surface area contributed by atoms with Crippen LogP contribution in [-0.4, -0.2) is 5.91 Å². The molecule has 0 spiro atoms. The topological polar surface area (TPSA) is 55.1 Å². The molecular formula is C14H13ClN2O. The van der Waals surface area contributed by atoms with E-state index in [1.165, 1.54) is 0 Å². The smallest absolute Gasteiger partial charge is 0.255 e. The maximum atomic E-state index is 12.0. The number of nitrogens with two attached hydrogens (primary N) is 1. The number of hydrogen-bond donors (Lipinski definition) is 2. The summed E-state index contributed by atoms with van der Waals surface area (Å²) in [5.41, 5.74) is 8.54. The van der Waals surface area contributed by atoms with Crippen molar-refractivity contribution in [3.63, 3.8) is 0 Å². The van der Waals surface area contributed by atoms with Crippen LogP contribution in [0.4, 0.5) is 11.4 Å². The number of nitrogen functional groups attached to an aromatic ring is 1. The lowest BCUT2D eigenvalue weighted by atomic mass is 10.1. The van der Waals surface area contributed by atoms with E-state index < -0.39 is 0 Å². The van der Waals surface area contributed by atoms with Gasteiger partial charge in [-0.15, -0.1) is 0 Å². The van der Waals surface area contributed by atoms with E-state index in [4.69, 9.17) is 17.3 Å². The van der Waals surface area contributed by atoms with Crippen molar-refractivity contribution >= 4 is 28.9 Å². The molecule has 0 radical (unpaired) electrons. The summed E-state index contributed by atoms with van der Waals surface area (Å²) >= 11 is 5.84. The zero-order chi connectivity index (χ0) is 13.1. The fourth-order valence-corrected chi connectivity index (χ4v) is 1.91. The molecule has 0 aromatic heterocycles. The van der Waals surface area contributed by atoms with E-state index in [1.54, 1.807) is 30.3 Å². The minimum absolute atomic E-state index is 0.206.